The van der Waals surface area contributed by atoms with E-state index in [0.717, 1.165) is 18.4 Å². The molecule has 4 aromatic rings. The van der Waals surface area contributed by atoms with Crippen LogP contribution in [0.5, 0.6) is 11.5 Å². The number of nitrogens with one attached hydrogen (secondary N) is 2. The Bertz CT molecular complexity index is 1610. The Hall–Kier alpha value is -3.55. The third kappa shape index (κ3) is 8.23. The van der Waals surface area contributed by atoms with E-state index in [1.807, 2.05) is 0 Å². The van der Waals surface area contributed by atoms with Crippen molar-refractivity contribution in [3.8, 4) is 11.5 Å². The molecule has 15 heteroatoms. The number of halogens is 5. The molecule has 2 aromatic carbocycles. The highest BCUT2D eigenvalue weighted by Gasteiger charge is 2.30. The summed E-state index contributed by atoms with van der Waals surface area (Å²) in [7, 11) is -3.17. The number of ether oxygens (including phenoxy) is 1. The summed E-state index contributed by atoms with van der Waals surface area (Å²) in [6, 6.07) is 10.9. The van der Waals surface area contributed by atoms with Crippen molar-refractivity contribution >= 4 is 62.3 Å². The first-order chi connectivity index (χ1) is 18.4. The highest BCUT2D eigenvalue weighted by Crippen LogP contribution is 2.36. The minimum absolute atomic E-state index is 0. The molecule has 0 fully saturated rings. The number of benzene rings is 2. The predicted molar refractivity (Wildman–Crippen MR) is 148 cm³/mol. The smallest absolute Gasteiger partial charge is 0.416 e. The van der Waals surface area contributed by atoms with Gasteiger partial charge in [-0.1, -0.05) is 17.7 Å². The largest absolute Gasteiger partial charge is 0.456 e. The molecule has 0 atom stereocenters. The van der Waals surface area contributed by atoms with Crippen LogP contribution in [-0.2, 0) is 27.4 Å². The number of amides is 1. The van der Waals surface area contributed by atoms with Crippen LogP contribution >= 0.6 is 24.0 Å². The Morgan fingerprint density at radius 1 is 1.12 bits per heavy atom. The van der Waals surface area contributed by atoms with Crippen molar-refractivity contribution in [2.24, 2.45) is 0 Å². The van der Waals surface area contributed by atoms with Crippen molar-refractivity contribution in [2.45, 2.75) is 19.1 Å². The van der Waals surface area contributed by atoms with E-state index in [4.69, 9.17) is 16.3 Å². The number of fused-ring (bicyclic) bond motifs is 1. The quantitative estimate of drug-likeness (QED) is 0.237. The molecule has 0 bridgehead atoms. The third-order valence-electron chi connectivity index (χ3n) is 5.51. The van der Waals surface area contributed by atoms with Gasteiger partial charge in [-0.25, -0.2) is 18.4 Å². The molecule has 0 unspecified atom stereocenters. The van der Waals surface area contributed by atoms with Gasteiger partial charge < -0.3 is 19.9 Å². The Kier molecular flexibility index (Phi) is 9.87. The highest BCUT2D eigenvalue weighted by atomic mass is 35.5. The van der Waals surface area contributed by atoms with E-state index in [1.54, 1.807) is 29.0 Å². The third-order valence-corrected chi connectivity index (χ3v) is 6.75. The van der Waals surface area contributed by atoms with Crippen molar-refractivity contribution in [3.63, 3.8) is 0 Å². The van der Waals surface area contributed by atoms with Gasteiger partial charge in [0.2, 0.25) is 5.91 Å². The van der Waals surface area contributed by atoms with Crippen LogP contribution in [0.3, 0.4) is 0 Å². The van der Waals surface area contributed by atoms with Gasteiger partial charge in [0.1, 0.15) is 33.2 Å². The first-order valence-corrected chi connectivity index (χ1v) is 14.0. The molecule has 40 heavy (non-hydrogen) atoms. The van der Waals surface area contributed by atoms with Crippen molar-refractivity contribution < 1.29 is 31.1 Å². The molecule has 0 spiro atoms. The fraction of sp³-hybridized carbons (Fsp3) is 0.240. The Morgan fingerprint density at radius 3 is 2.60 bits per heavy atom. The van der Waals surface area contributed by atoms with Gasteiger partial charge in [0.15, 0.2) is 5.82 Å². The maximum Gasteiger partial charge on any atom is 0.416 e. The van der Waals surface area contributed by atoms with Crippen LogP contribution in [0.15, 0.2) is 61.1 Å². The van der Waals surface area contributed by atoms with Gasteiger partial charge in [0.25, 0.3) is 0 Å². The number of alkyl halides is 3. The maximum absolute atomic E-state index is 13.0. The number of hydrogen-bond donors (Lipinski definition) is 2. The molecule has 214 valence electrons. The van der Waals surface area contributed by atoms with Crippen molar-refractivity contribution in [3.05, 3.63) is 71.6 Å². The molecule has 2 aromatic heterocycles. The lowest BCUT2D eigenvalue weighted by Gasteiger charge is -2.13. The summed E-state index contributed by atoms with van der Waals surface area (Å²) in [5.41, 5.74) is 0.946. The monoisotopic (exact) mass is 617 g/mol. The zero-order valence-electron chi connectivity index (χ0n) is 20.9. The molecular weight excluding hydrogens is 594 g/mol. The van der Waals surface area contributed by atoms with Crippen LogP contribution in [0.25, 0.3) is 11.0 Å². The van der Waals surface area contributed by atoms with Gasteiger partial charge in [-0.3, -0.25) is 4.79 Å². The molecule has 4 rings (SSSR count). The zero-order chi connectivity index (χ0) is 28.2. The normalized spacial score (nSPS) is 11.6. The van der Waals surface area contributed by atoms with Crippen molar-refractivity contribution in [2.75, 3.05) is 23.9 Å². The second-order valence-corrected chi connectivity index (χ2v) is 11.3. The zero-order valence-corrected chi connectivity index (χ0v) is 23.3. The SMILES string of the molecule is CS(=O)(=O)CCNC(=O)CCn1ccc2ncnc(Nc3ccc(Oc4cccc(C(F)(F)F)c4)c(Cl)c3)c21.Cl. The van der Waals surface area contributed by atoms with E-state index < -0.39 is 21.6 Å². The van der Waals surface area contributed by atoms with E-state index >= 15 is 0 Å². The van der Waals surface area contributed by atoms with Crippen LogP contribution in [0.2, 0.25) is 5.02 Å². The topological polar surface area (TPSA) is 115 Å². The molecule has 0 saturated carbocycles. The number of carbonyl (C=O) groups is 1. The summed E-state index contributed by atoms with van der Waals surface area (Å²) in [5.74, 6) is 0.155. The van der Waals surface area contributed by atoms with Crippen molar-refractivity contribution in [1.82, 2.24) is 19.9 Å². The predicted octanol–water partition coefficient (Wildman–Crippen LogP) is 5.61. The molecular formula is C25H24Cl2F3N5O4S. The standard InChI is InChI=1S/C25H23ClF3N5O4S.ClH/c1-39(36,37)12-9-30-22(35)8-11-34-10-7-20-23(34)24(32-15-31-20)33-17-5-6-21(19(26)14-17)38-18-4-2-3-16(13-18)25(27,28)29;/h2-7,10,13-15H,8-9,11-12H2,1H3,(H,30,35)(H,31,32,33);1H. The lowest BCUT2D eigenvalue weighted by atomic mass is 10.2. The van der Waals surface area contributed by atoms with E-state index in [-0.39, 0.29) is 53.6 Å². The Balaban J connectivity index is 0.00000441. The van der Waals surface area contributed by atoms with Gasteiger partial charge in [-0.05, 0) is 42.5 Å². The first-order valence-electron chi connectivity index (χ1n) is 11.5. The summed E-state index contributed by atoms with van der Waals surface area (Å²) in [6.07, 6.45) is -0.161. The second-order valence-electron chi connectivity index (χ2n) is 8.59. The molecule has 2 N–H and O–H groups in total. The van der Waals surface area contributed by atoms with Gasteiger partial charge in [0.05, 0.1) is 21.9 Å². The molecule has 0 aliphatic rings. The number of rotatable bonds is 10. The number of anilines is 2. The van der Waals surface area contributed by atoms with Crippen LogP contribution in [-0.4, -0.2) is 47.4 Å². The van der Waals surface area contributed by atoms with Crippen LogP contribution in [0, 0.1) is 0 Å². The number of hydrogen-bond acceptors (Lipinski definition) is 7. The van der Waals surface area contributed by atoms with E-state index in [1.165, 1.54) is 24.5 Å². The average molecular weight is 618 g/mol. The fourth-order valence-electron chi connectivity index (χ4n) is 3.66. The fourth-order valence-corrected chi connectivity index (χ4v) is 4.35. The van der Waals surface area contributed by atoms with Gasteiger partial charge in [0, 0.05) is 37.7 Å². The lowest BCUT2D eigenvalue weighted by Crippen LogP contribution is -2.29. The minimum Gasteiger partial charge on any atom is -0.456 e. The van der Waals surface area contributed by atoms with Gasteiger partial charge in [-0.15, -0.1) is 12.4 Å². The summed E-state index contributed by atoms with van der Waals surface area (Å²) in [4.78, 5) is 20.7. The van der Waals surface area contributed by atoms with Crippen LogP contribution < -0.4 is 15.4 Å². The number of nitrogens with zero attached hydrogens (tertiary/aromatic N) is 3. The summed E-state index contributed by atoms with van der Waals surface area (Å²) in [5, 5.41) is 5.88. The van der Waals surface area contributed by atoms with Crippen LogP contribution in [0.1, 0.15) is 12.0 Å². The van der Waals surface area contributed by atoms with Gasteiger partial charge >= 0.3 is 6.18 Å². The molecule has 1 amide bonds. The maximum atomic E-state index is 13.0. The van der Waals surface area contributed by atoms with E-state index in [2.05, 4.69) is 20.6 Å². The average Bonchev–Trinajstić information content (AvgIpc) is 3.27. The van der Waals surface area contributed by atoms with E-state index in [0.29, 0.717) is 29.1 Å². The van der Waals surface area contributed by atoms with Gasteiger partial charge in [-0.2, -0.15) is 13.2 Å². The van der Waals surface area contributed by atoms with Crippen LogP contribution in [0.4, 0.5) is 24.7 Å². The molecule has 9 nitrogen and oxygen atoms in total. The Labute approximate surface area is 239 Å². The number of aryl methyl sites for hydroxylation is 1. The Morgan fingerprint density at radius 2 is 1.90 bits per heavy atom. The number of carbonyl (C=O) groups excluding carboxylic acids is 1. The highest BCUT2D eigenvalue weighted by molar-refractivity contribution is 7.90. The number of sulfone groups is 1. The summed E-state index contributed by atoms with van der Waals surface area (Å²) < 4.78 is 68.8. The van der Waals surface area contributed by atoms with Crippen molar-refractivity contribution in [1.29, 1.82) is 0 Å². The molecule has 0 radical (unpaired) electrons. The van der Waals surface area contributed by atoms with E-state index in [9.17, 15) is 26.4 Å². The molecule has 2 heterocycles. The minimum atomic E-state index is -4.50. The summed E-state index contributed by atoms with van der Waals surface area (Å²) in [6.45, 7) is 0.328. The molecule has 0 saturated heterocycles. The molecule has 0 aliphatic carbocycles. The summed E-state index contributed by atoms with van der Waals surface area (Å²) >= 11 is 6.35. The number of aromatic nitrogens is 3. The lowest BCUT2D eigenvalue weighted by molar-refractivity contribution is -0.137. The second kappa shape index (κ2) is 12.7. The first kappa shape index (κ1) is 31.0. The molecule has 0 aliphatic heterocycles.